The fourth-order valence-corrected chi connectivity index (χ4v) is 2.40. The van der Waals surface area contributed by atoms with Gasteiger partial charge in [0.1, 0.15) is 18.9 Å². The Labute approximate surface area is 123 Å². The van der Waals surface area contributed by atoms with E-state index in [0.29, 0.717) is 18.5 Å². The minimum atomic E-state index is -0.552. The van der Waals surface area contributed by atoms with E-state index < -0.39 is 6.10 Å². The van der Waals surface area contributed by atoms with Gasteiger partial charge in [-0.2, -0.15) is 4.37 Å². The van der Waals surface area contributed by atoms with Crippen LogP contribution in [0.15, 0.2) is 6.20 Å². The summed E-state index contributed by atoms with van der Waals surface area (Å²) in [6.07, 6.45) is 0.995. The number of hydrogen-bond acceptors (Lipinski definition) is 8. The molecule has 2 N–H and O–H groups in total. The highest BCUT2D eigenvalue weighted by Gasteiger charge is 2.14. The van der Waals surface area contributed by atoms with Gasteiger partial charge in [0.25, 0.3) is 0 Å². The first-order chi connectivity index (χ1) is 9.74. The maximum atomic E-state index is 9.84. The molecule has 20 heavy (non-hydrogen) atoms. The first kappa shape index (κ1) is 15.6. The summed E-state index contributed by atoms with van der Waals surface area (Å²) in [5.41, 5.74) is 0. The summed E-state index contributed by atoms with van der Waals surface area (Å²) >= 11 is 1.09. The summed E-state index contributed by atoms with van der Waals surface area (Å²) in [7, 11) is 0. The van der Waals surface area contributed by atoms with Gasteiger partial charge in [-0.3, -0.25) is 4.90 Å². The third-order valence-electron chi connectivity index (χ3n) is 3.10. The van der Waals surface area contributed by atoms with E-state index in [1.165, 1.54) is 0 Å². The Hall–Kier alpha value is -0.800. The van der Waals surface area contributed by atoms with Crippen molar-refractivity contribution in [3.63, 3.8) is 0 Å². The third kappa shape index (κ3) is 5.68. The molecule has 1 aliphatic heterocycles. The lowest BCUT2D eigenvalue weighted by molar-refractivity contribution is 0.0330. The van der Waals surface area contributed by atoms with Crippen LogP contribution in [-0.2, 0) is 4.74 Å². The Morgan fingerprint density at radius 1 is 1.55 bits per heavy atom. The van der Waals surface area contributed by atoms with Crippen LogP contribution in [0.1, 0.15) is 6.92 Å². The molecular formula is C12H22N4O3S. The standard InChI is InChI=1S/C12H22N4O3S/c1-10(8-16-2-4-18-5-3-16)13-6-11(17)9-19-12-7-14-20-15-12/h7,10-11,13,17H,2-6,8-9H2,1H3. The van der Waals surface area contributed by atoms with Crippen molar-refractivity contribution in [2.24, 2.45) is 0 Å². The molecule has 0 radical (unpaired) electrons. The fourth-order valence-electron chi connectivity index (χ4n) is 2.03. The monoisotopic (exact) mass is 302 g/mol. The first-order valence-electron chi connectivity index (χ1n) is 6.86. The minimum Gasteiger partial charge on any atom is -0.473 e. The lowest BCUT2D eigenvalue weighted by atomic mass is 10.2. The molecule has 0 aromatic carbocycles. The minimum absolute atomic E-state index is 0.225. The molecule has 8 heteroatoms. The summed E-state index contributed by atoms with van der Waals surface area (Å²) in [5.74, 6) is 0.468. The highest BCUT2D eigenvalue weighted by molar-refractivity contribution is 6.99. The summed E-state index contributed by atoms with van der Waals surface area (Å²) in [4.78, 5) is 2.37. The largest absolute Gasteiger partial charge is 0.473 e. The van der Waals surface area contributed by atoms with E-state index in [1.54, 1.807) is 6.20 Å². The lowest BCUT2D eigenvalue weighted by Gasteiger charge is -2.29. The summed E-state index contributed by atoms with van der Waals surface area (Å²) in [5, 5.41) is 13.2. The number of aliphatic hydroxyl groups excluding tert-OH is 1. The fraction of sp³-hybridized carbons (Fsp3) is 0.833. The van der Waals surface area contributed by atoms with Gasteiger partial charge in [-0.1, -0.05) is 0 Å². The molecule has 2 unspecified atom stereocenters. The molecule has 0 saturated carbocycles. The molecule has 1 aromatic rings. The predicted octanol–water partition coefficient (Wildman–Crippen LogP) is -0.412. The normalized spacial score (nSPS) is 19.7. The van der Waals surface area contributed by atoms with Gasteiger partial charge in [0, 0.05) is 32.2 Å². The third-order valence-corrected chi connectivity index (χ3v) is 3.56. The molecule has 114 valence electrons. The smallest absolute Gasteiger partial charge is 0.245 e. The van der Waals surface area contributed by atoms with Gasteiger partial charge < -0.3 is 19.9 Å². The maximum Gasteiger partial charge on any atom is 0.245 e. The number of nitrogens with zero attached hydrogens (tertiary/aromatic N) is 3. The Morgan fingerprint density at radius 3 is 3.05 bits per heavy atom. The summed E-state index contributed by atoms with van der Waals surface area (Å²) in [6, 6.07) is 0.323. The molecule has 7 nitrogen and oxygen atoms in total. The van der Waals surface area contributed by atoms with Crippen molar-refractivity contribution in [3.8, 4) is 5.88 Å². The van der Waals surface area contributed by atoms with Crippen LogP contribution in [0.25, 0.3) is 0 Å². The van der Waals surface area contributed by atoms with E-state index in [2.05, 4.69) is 25.9 Å². The van der Waals surface area contributed by atoms with Crippen molar-refractivity contribution < 1.29 is 14.6 Å². The highest BCUT2D eigenvalue weighted by Crippen LogP contribution is 2.05. The van der Waals surface area contributed by atoms with Crippen LogP contribution in [0.5, 0.6) is 5.88 Å². The molecule has 0 spiro atoms. The second-order valence-corrected chi connectivity index (χ2v) is 5.49. The molecule has 0 bridgehead atoms. The topological polar surface area (TPSA) is 79.7 Å². The van der Waals surface area contributed by atoms with Gasteiger partial charge >= 0.3 is 0 Å². The zero-order chi connectivity index (χ0) is 14.2. The Balaban J connectivity index is 1.56. The van der Waals surface area contributed by atoms with Gasteiger partial charge in [-0.05, 0) is 6.92 Å². The van der Waals surface area contributed by atoms with Crippen molar-refractivity contribution >= 4 is 11.7 Å². The number of aromatic nitrogens is 2. The molecule has 0 amide bonds. The molecular weight excluding hydrogens is 280 g/mol. The molecule has 1 aromatic heterocycles. The second kappa shape index (κ2) is 8.48. The molecule has 1 fully saturated rings. The first-order valence-corrected chi connectivity index (χ1v) is 7.59. The predicted molar refractivity (Wildman–Crippen MR) is 76.1 cm³/mol. The van der Waals surface area contributed by atoms with Crippen LogP contribution >= 0.6 is 11.7 Å². The number of ether oxygens (including phenoxy) is 2. The zero-order valence-corrected chi connectivity index (χ0v) is 12.5. The molecule has 0 aliphatic carbocycles. The number of hydrogen-bond donors (Lipinski definition) is 2. The van der Waals surface area contributed by atoms with Crippen molar-refractivity contribution in [2.45, 2.75) is 19.1 Å². The lowest BCUT2D eigenvalue weighted by Crippen LogP contribution is -2.46. The van der Waals surface area contributed by atoms with E-state index in [-0.39, 0.29) is 6.61 Å². The van der Waals surface area contributed by atoms with Crippen LogP contribution in [-0.4, -0.2) is 76.9 Å². The summed E-state index contributed by atoms with van der Waals surface area (Å²) < 4.78 is 18.4. The average Bonchev–Trinajstić information content (AvgIpc) is 2.97. The highest BCUT2D eigenvalue weighted by atomic mass is 32.1. The van der Waals surface area contributed by atoms with Crippen LogP contribution in [0, 0.1) is 0 Å². The van der Waals surface area contributed by atoms with Crippen LogP contribution in [0.2, 0.25) is 0 Å². The number of morpholine rings is 1. The summed E-state index contributed by atoms with van der Waals surface area (Å²) in [6.45, 7) is 7.39. The van der Waals surface area contributed by atoms with E-state index in [1.807, 2.05) is 0 Å². The molecule has 2 atom stereocenters. The molecule has 2 rings (SSSR count). The van der Waals surface area contributed by atoms with Gasteiger partial charge in [0.2, 0.25) is 5.88 Å². The molecule has 1 saturated heterocycles. The maximum absolute atomic E-state index is 9.84. The van der Waals surface area contributed by atoms with Crippen LogP contribution < -0.4 is 10.1 Å². The van der Waals surface area contributed by atoms with Crippen molar-refractivity contribution in [2.75, 3.05) is 46.0 Å². The van der Waals surface area contributed by atoms with Crippen LogP contribution in [0.3, 0.4) is 0 Å². The second-order valence-electron chi connectivity index (χ2n) is 4.93. The number of rotatable bonds is 8. The zero-order valence-electron chi connectivity index (χ0n) is 11.7. The average molecular weight is 302 g/mol. The van der Waals surface area contributed by atoms with Crippen molar-refractivity contribution in [1.29, 1.82) is 0 Å². The molecule has 2 heterocycles. The molecule has 1 aliphatic rings. The Kier molecular flexibility index (Phi) is 6.61. The Morgan fingerprint density at radius 2 is 2.35 bits per heavy atom. The van der Waals surface area contributed by atoms with E-state index in [0.717, 1.165) is 44.6 Å². The van der Waals surface area contributed by atoms with Crippen molar-refractivity contribution in [1.82, 2.24) is 19.0 Å². The van der Waals surface area contributed by atoms with E-state index >= 15 is 0 Å². The van der Waals surface area contributed by atoms with E-state index in [9.17, 15) is 5.11 Å². The van der Waals surface area contributed by atoms with Crippen molar-refractivity contribution in [3.05, 3.63) is 6.20 Å². The SMILES string of the molecule is CC(CN1CCOCC1)NCC(O)COc1cnsn1. The van der Waals surface area contributed by atoms with Gasteiger partial charge in [0.15, 0.2) is 0 Å². The van der Waals surface area contributed by atoms with E-state index in [4.69, 9.17) is 9.47 Å². The number of nitrogens with one attached hydrogen (secondary N) is 1. The quantitative estimate of drug-likeness (QED) is 0.675. The van der Waals surface area contributed by atoms with Gasteiger partial charge in [0.05, 0.1) is 24.9 Å². The van der Waals surface area contributed by atoms with Gasteiger partial charge in [-0.25, -0.2) is 0 Å². The van der Waals surface area contributed by atoms with Gasteiger partial charge in [-0.15, -0.1) is 4.37 Å². The number of aliphatic hydroxyl groups is 1. The van der Waals surface area contributed by atoms with Crippen LogP contribution in [0.4, 0.5) is 0 Å². The Bertz CT molecular complexity index is 360.